The van der Waals surface area contributed by atoms with Gasteiger partial charge in [-0.05, 0) is 25.7 Å². The van der Waals surface area contributed by atoms with Gasteiger partial charge in [0.2, 0.25) is 0 Å². The van der Waals surface area contributed by atoms with Crippen molar-refractivity contribution < 1.29 is 0 Å². The third kappa shape index (κ3) is 4.20. The molecule has 6 heteroatoms. The number of anilines is 1. The number of rotatable bonds is 6. The van der Waals surface area contributed by atoms with E-state index in [-0.39, 0.29) is 10.6 Å². The van der Waals surface area contributed by atoms with E-state index in [1.165, 1.54) is 19.3 Å². The first-order chi connectivity index (χ1) is 10.2. The summed E-state index contributed by atoms with van der Waals surface area (Å²) in [5, 5.41) is 10.2. The highest BCUT2D eigenvalue weighted by molar-refractivity contribution is 6.32. The number of hydrogen-bond acceptors (Lipinski definition) is 4. The number of halogens is 1. The van der Waals surface area contributed by atoms with Gasteiger partial charge in [-0.15, -0.1) is 0 Å². The largest absolute Gasteiger partial charge is 0.369 e. The van der Waals surface area contributed by atoms with Crippen molar-refractivity contribution >= 4 is 17.3 Å². The van der Waals surface area contributed by atoms with Gasteiger partial charge in [0.05, 0.1) is 11.9 Å². The maximum Gasteiger partial charge on any atom is 0.285 e. The summed E-state index contributed by atoms with van der Waals surface area (Å²) in [5.74, 6) is 0. The highest BCUT2D eigenvalue weighted by Crippen LogP contribution is 2.24. The number of aromatic amines is 1. The Morgan fingerprint density at radius 1 is 1.48 bits per heavy atom. The second-order valence-electron chi connectivity index (χ2n) is 5.72. The van der Waals surface area contributed by atoms with Crippen molar-refractivity contribution in [2.45, 2.75) is 58.0 Å². The van der Waals surface area contributed by atoms with E-state index in [4.69, 9.17) is 11.6 Å². The summed E-state index contributed by atoms with van der Waals surface area (Å²) in [7, 11) is 0. The minimum Gasteiger partial charge on any atom is -0.369 e. The van der Waals surface area contributed by atoms with E-state index < -0.39 is 0 Å². The van der Waals surface area contributed by atoms with Crippen LogP contribution in [-0.4, -0.2) is 35.4 Å². The van der Waals surface area contributed by atoms with Gasteiger partial charge in [0.15, 0.2) is 0 Å². The standard InChI is InChI=1S/C15H25ClN4O/c1-3-5-11(4-2)18-12-6-8-20(9-7-12)13-10-17-19-15(21)14(13)16/h10-12,18H,3-9H2,1-2H3,(H,19,21). The molecular weight excluding hydrogens is 288 g/mol. The molecule has 0 spiro atoms. The molecule has 0 aromatic carbocycles. The van der Waals surface area contributed by atoms with Gasteiger partial charge in [-0.3, -0.25) is 4.79 Å². The van der Waals surface area contributed by atoms with Crippen LogP contribution < -0.4 is 15.8 Å². The second kappa shape index (κ2) is 7.80. The van der Waals surface area contributed by atoms with Gasteiger partial charge in [0.1, 0.15) is 5.02 Å². The highest BCUT2D eigenvalue weighted by Gasteiger charge is 2.23. The lowest BCUT2D eigenvalue weighted by Crippen LogP contribution is -2.46. The predicted octanol–water partition coefficient (Wildman–Crippen LogP) is 2.56. The number of H-pyrrole nitrogens is 1. The molecule has 1 saturated heterocycles. The minimum absolute atomic E-state index is 0.244. The van der Waals surface area contributed by atoms with Crippen LogP contribution in [0.4, 0.5) is 5.69 Å². The SMILES string of the molecule is CCCC(CC)NC1CCN(c2cn[nH]c(=O)c2Cl)CC1. The van der Waals surface area contributed by atoms with Crippen molar-refractivity contribution in [2.75, 3.05) is 18.0 Å². The number of piperidine rings is 1. The van der Waals surface area contributed by atoms with Crippen LogP contribution in [-0.2, 0) is 0 Å². The third-order valence-corrected chi connectivity index (χ3v) is 4.58. The molecule has 1 aliphatic heterocycles. The maximum absolute atomic E-state index is 11.5. The average molecular weight is 313 g/mol. The molecule has 0 bridgehead atoms. The zero-order valence-corrected chi connectivity index (χ0v) is 13.6. The van der Waals surface area contributed by atoms with Gasteiger partial charge in [-0.25, -0.2) is 5.10 Å². The number of hydrogen-bond donors (Lipinski definition) is 2. The van der Waals surface area contributed by atoms with Crippen molar-refractivity contribution in [3.05, 3.63) is 21.6 Å². The van der Waals surface area contributed by atoms with Crippen LogP contribution in [0, 0.1) is 0 Å². The van der Waals surface area contributed by atoms with E-state index in [9.17, 15) is 4.79 Å². The summed E-state index contributed by atoms with van der Waals surface area (Å²) < 4.78 is 0. The van der Waals surface area contributed by atoms with Gasteiger partial charge in [0, 0.05) is 25.2 Å². The van der Waals surface area contributed by atoms with Gasteiger partial charge >= 0.3 is 0 Å². The van der Waals surface area contributed by atoms with Crippen molar-refractivity contribution in [3.63, 3.8) is 0 Å². The van der Waals surface area contributed by atoms with E-state index in [2.05, 4.69) is 34.3 Å². The van der Waals surface area contributed by atoms with Crippen molar-refractivity contribution in [1.29, 1.82) is 0 Å². The zero-order valence-electron chi connectivity index (χ0n) is 12.9. The fourth-order valence-corrected chi connectivity index (χ4v) is 3.18. The summed E-state index contributed by atoms with van der Waals surface area (Å²) in [6.45, 7) is 6.29. The van der Waals surface area contributed by atoms with Gasteiger partial charge < -0.3 is 10.2 Å². The molecule has 2 heterocycles. The van der Waals surface area contributed by atoms with Crippen molar-refractivity contribution in [1.82, 2.24) is 15.5 Å². The van der Waals surface area contributed by atoms with E-state index in [1.54, 1.807) is 6.20 Å². The quantitative estimate of drug-likeness (QED) is 0.847. The molecule has 1 aromatic rings. The average Bonchev–Trinajstić information content (AvgIpc) is 2.50. The Balaban J connectivity index is 1.91. The van der Waals surface area contributed by atoms with Crippen LogP contribution in [0.25, 0.3) is 0 Å². The Morgan fingerprint density at radius 3 is 2.81 bits per heavy atom. The summed E-state index contributed by atoms with van der Waals surface area (Å²) in [5.41, 5.74) is 0.433. The third-order valence-electron chi connectivity index (χ3n) is 4.21. The molecule has 0 radical (unpaired) electrons. The Kier molecular flexibility index (Phi) is 6.06. The molecule has 5 nitrogen and oxygen atoms in total. The summed E-state index contributed by atoms with van der Waals surface area (Å²) in [4.78, 5) is 13.7. The van der Waals surface area contributed by atoms with Gasteiger partial charge in [0.25, 0.3) is 5.56 Å². The zero-order chi connectivity index (χ0) is 15.2. The highest BCUT2D eigenvalue weighted by atomic mass is 35.5. The summed E-state index contributed by atoms with van der Waals surface area (Å²) in [6, 6.07) is 1.18. The van der Waals surface area contributed by atoms with E-state index in [0.29, 0.717) is 12.1 Å². The minimum atomic E-state index is -0.316. The molecule has 0 saturated carbocycles. The molecule has 118 valence electrons. The first-order valence-corrected chi connectivity index (χ1v) is 8.27. The molecule has 21 heavy (non-hydrogen) atoms. The molecule has 1 fully saturated rings. The lowest BCUT2D eigenvalue weighted by Gasteiger charge is -2.35. The number of nitrogens with zero attached hydrogens (tertiary/aromatic N) is 2. The smallest absolute Gasteiger partial charge is 0.285 e. The monoisotopic (exact) mass is 312 g/mol. The molecule has 2 rings (SSSR count). The molecule has 1 atom stereocenters. The topological polar surface area (TPSA) is 61.0 Å². The number of aromatic nitrogens is 2. The van der Waals surface area contributed by atoms with Gasteiger partial charge in [-0.2, -0.15) is 5.10 Å². The molecule has 0 amide bonds. The first kappa shape index (κ1) is 16.3. The Morgan fingerprint density at radius 2 is 2.19 bits per heavy atom. The molecule has 0 aliphatic carbocycles. The Hall–Kier alpha value is -1.07. The second-order valence-corrected chi connectivity index (χ2v) is 6.10. The van der Waals surface area contributed by atoms with Crippen LogP contribution in [0.1, 0.15) is 46.0 Å². The van der Waals surface area contributed by atoms with Gasteiger partial charge in [-0.1, -0.05) is 31.9 Å². The van der Waals surface area contributed by atoms with Crippen LogP contribution >= 0.6 is 11.6 Å². The molecule has 1 unspecified atom stereocenters. The van der Waals surface area contributed by atoms with Crippen LogP contribution in [0.2, 0.25) is 5.02 Å². The fraction of sp³-hybridized carbons (Fsp3) is 0.733. The van der Waals surface area contributed by atoms with E-state index >= 15 is 0 Å². The Labute approximate surface area is 131 Å². The Bertz CT molecular complexity index is 497. The van der Waals surface area contributed by atoms with Crippen LogP contribution in [0.5, 0.6) is 0 Å². The molecule has 1 aliphatic rings. The summed E-state index contributed by atoms with van der Waals surface area (Å²) in [6.07, 6.45) is 7.42. The lowest BCUT2D eigenvalue weighted by molar-refractivity contribution is 0.346. The molecule has 2 N–H and O–H groups in total. The van der Waals surface area contributed by atoms with E-state index in [1.807, 2.05) is 0 Å². The molecular formula is C15H25ClN4O. The fourth-order valence-electron chi connectivity index (χ4n) is 2.97. The van der Waals surface area contributed by atoms with Crippen LogP contribution in [0.15, 0.2) is 11.0 Å². The first-order valence-electron chi connectivity index (χ1n) is 7.89. The number of nitrogens with one attached hydrogen (secondary N) is 2. The lowest BCUT2D eigenvalue weighted by atomic mass is 10.0. The normalized spacial score (nSPS) is 18.0. The van der Waals surface area contributed by atoms with Crippen molar-refractivity contribution in [3.8, 4) is 0 Å². The maximum atomic E-state index is 11.5. The molecule has 1 aromatic heterocycles. The summed E-state index contributed by atoms with van der Waals surface area (Å²) >= 11 is 6.07. The van der Waals surface area contributed by atoms with E-state index in [0.717, 1.165) is 31.6 Å². The van der Waals surface area contributed by atoms with Crippen molar-refractivity contribution in [2.24, 2.45) is 0 Å². The van der Waals surface area contributed by atoms with Crippen LogP contribution in [0.3, 0.4) is 0 Å². The predicted molar refractivity (Wildman–Crippen MR) is 87.2 cm³/mol.